The van der Waals surface area contributed by atoms with Crippen LogP contribution < -0.4 is 10.6 Å². The van der Waals surface area contributed by atoms with Crippen molar-refractivity contribution in [3.05, 3.63) is 71.8 Å². The van der Waals surface area contributed by atoms with Crippen LogP contribution in [0.1, 0.15) is 60.5 Å². The van der Waals surface area contributed by atoms with Crippen molar-refractivity contribution in [1.82, 2.24) is 15.5 Å². The summed E-state index contributed by atoms with van der Waals surface area (Å²) in [5.41, 5.74) is 1.65. The molecule has 0 aromatic heterocycles. The third-order valence-electron chi connectivity index (χ3n) is 6.28. The summed E-state index contributed by atoms with van der Waals surface area (Å²) < 4.78 is 0. The first-order valence-corrected chi connectivity index (χ1v) is 11.2. The van der Waals surface area contributed by atoms with Crippen molar-refractivity contribution in [2.24, 2.45) is 0 Å². The van der Waals surface area contributed by atoms with Crippen molar-refractivity contribution >= 4 is 11.8 Å². The third kappa shape index (κ3) is 4.73. The normalized spacial score (nSPS) is 24.1. The lowest BCUT2D eigenvalue weighted by atomic mass is 9.87. The molecule has 1 unspecified atom stereocenters. The molecule has 2 fully saturated rings. The van der Waals surface area contributed by atoms with Crippen LogP contribution in [0.3, 0.4) is 0 Å². The molecule has 0 radical (unpaired) electrons. The summed E-state index contributed by atoms with van der Waals surface area (Å²) in [6.07, 6.45) is 7.16. The van der Waals surface area contributed by atoms with Gasteiger partial charge in [0.15, 0.2) is 0 Å². The van der Waals surface area contributed by atoms with Crippen molar-refractivity contribution in [2.45, 2.75) is 56.7 Å². The van der Waals surface area contributed by atoms with Gasteiger partial charge in [0.25, 0.3) is 5.91 Å². The second-order valence-electron chi connectivity index (χ2n) is 8.35. The molecule has 0 spiro atoms. The number of likely N-dealkylation sites (tertiary alicyclic amines) is 1. The van der Waals surface area contributed by atoms with Gasteiger partial charge in [-0.2, -0.15) is 0 Å². The Bertz CT molecular complexity index is 832. The molecular weight excluding hydrogens is 374 g/mol. The number of β-lactam (4-membered cyclic amide) rings is 1. The van der Waals surface area contributed by atoms with Gasteiger partial charge in [-0.3, -0.25) is 9.59 Å². The Hall–Kier alpha value is -2.66. The van der Waals surface area contributed by atoms with Crippen molar-refractivity contribution in [1.29, 1.82) is 0 Å². The highest BCUT2D eigenvalue weighted by Gasteiger charge is 2.48. The molecule has 2 aromatic rings. The summed E-state index contributed by atoms with van der Waals surface area (Å²) in [6, 6.07) is 19.1. The standard InChI is InChI=1S/C25H31N3O2/c29-24(20-13-6-2-7-14-20)27-22-23(19-11-4-1-5-12-19)28(25(22)30)18-10-16-21-15-8-3-9-17-26-21/h1-2,4-7,11-14,21-23,26H,3,8-10,15-18H2,(H,27,29)/t21?,22-,23+/m0/s1. The van der Waals surface area contributed by atoms with Gasteiger partial charge in [-0.25, -0.2) is 0 Å². The summed E-state index contributed by atoms with van der Waals surface area (Å²) in [4.78, 5) is 27.5. The highest BCUT2D eigenvalue weighted by atomic mass is 16.2. The van der Waals surface area contributed by atoms with E-state index in [0.29, 0.717) is 11.6 Å². The van der Waals surface area contributed by atoms with Crippen molar-refractivity contribution in [3.63, 3.8) is 0 Å². The number of hydrogen-bond donors (Lipinski definition) is 2. The van der Waals surface area contributed by atoms with Crippen LogP contribution in [-0.4, -0.2) is 41.9 Å². The molecule has 0 saturated carbocycles. The van der Waals surface area contributed by atoms with Crippen LogP contribution in [-0.2, 0) is 4.79 Å². The lowest BCUT2D eigenvalue weighted by Gasteiger charge is -2.47. The number of carbonyl (C=O) groups excluding carboxylic acids is 2. The predicted octanol–water partition coefficient (Wildman–Crippen LogP) is 3.68. The maximum atomic E-state index is 12.9. The molecule has 0 aliphatic carbocycles. The Morgan fingerprint density at radius 1 is 1.00 bits per heavy atom. The van der Waals surface area contributed by atoms with Gasteiger partial charge in [0.1, 0.15) is 6.04 Å². The van der Waals surface area contributed by atoms with Gasteiger partial charge in [-0.15, -0.1) is 0 Å². The summed E-state index contributed by atoms with van der Waals surface area (Å²) in [5, 5.41) is 6.60. The molecule has 30 heavy (non-hydrogen) atoms. The Morgan fingerprint density at radius 3 is 2.50 bits per heavy atom. The van der Waals surface area contributed by atoms with Crippen LogP contribution in [0.2, 0.25) is 0 Å². The van der Waals surface area contributed by atoms with Crippen molar-refractivity contribution in [2.75, 3.05) is 13.1 Å². The zero-order valence-electron chi connectivity index (χ0n) is 17.4. The molecule has 2 saturated heterocycles. The second-order valence-corrected chi connectivity index (χ2v) is 8.35. The van der Waals surface area contributed by atoms with E-state index in [1.165, 1.54) is 25.7 Å². The molecule has 2 amide bonds. The van der Waals surface area contributed by atoms with Gasteiger partial charge in [0, 0.05) is 18.2 Å². The molecule has 5 nitrogen and oxygen atoms in total. The highest BCUT2D eigenvalue weighted by Crippen LogP contribution is 2.35. The molecule has 2 heterocycles. The smallest absolute Gasteiger partial charge is 0.251 e. The van der Waals surface area contributed by atoms with E-state index in [1.807, 2.05) is 53.4 Å². The van der Waals surface area contributed by atoms with Gasteiger partial charge in [-0.05, 0) is 49.9 Å². The van der Waals surface area contributed by atoms with E-state index < -0.39 is 6.04 Å². The molecule has 2 aliphatic heterocycles. The predicted molar refractivity (Wildman–Crippen MR) is 118 cm³/mol. The van der Waals surface area contributed by atoms with E-state index in [-0.39, 0.29) is 17.9 Å². The molecule has 4 rings (SSSR count). The quantitative estimate of drug-likeness (QED) is 0.691. The minimum atomic E-state index is -0.504. The minimum Gasteiger partial charge on any atom is -0.338 e. The Morgan fingerprint density at radius 2 is 1.73 bits per heavy atom. The molecule has 2 aliphatic rings. The van der Waals surface area contributed by atoms with Gasteiger partial charge in [0.2, 0.25) is 5.91 Å². The summed E-state index contributed by atoms with van der Waals surface area (Å²) in [7, 11) is 0. The van der Waals surface area contributed by atoms with Crippen LogP contribution in [0.25, 0.3) is 0 Å². The number of rotatable bonds is 7. The van der Waals surface area contributed by atoms with Gasteiger partial charge >= 0.3 is 0 Å². The molecule has 2 aromatic carbocycles. The molecule has 158 valence electrons. The van der Waals surface area contributed by atoms with Crippen LogP contribution in [0, 0.1) is 0 Å². The van der Waals surface area contributed by atoms with E-state index >= 15 is 0 Å². The van der Waals surface area contributed by atoms with Gasteiger partial charge < -0.3 is 15.5 Å². The second kappa shape index (κ2) is 9.90. The first-order valence-electron chi connectivity index (χ1n) is 11.2. The van der Waals surface area contributed by atoms with E-state index in [2.05, 4.69) is 10.6 Å². The number of amides is 2. The first kappa shape index (κ1) is 20.6. The third-order valence-corrected chi connectivity index (χ3v) is 6.28. The topological polar surface area (TPSA) is 61.4 Å². The SMILES string of the molecule is O=C(N[C@@H]1C(=O)N(CCCC2CCCCCN2)[C@@H]1c1ccccc1)c1ccccc1. The molecule has 5 heteroatoms. The highest BCUT2D eigenvalue weighted by molar-refractivity contribution is 6.00. The van der Waals surface area contributed by atoms with E-state index in [1.54, 1.807) is 12.1 Å². The zero-order valence-corrected chi connectivity index (χ0v) is 17.4. The number of carbonyl (C=O) groups is 2. The average Bonchev–Trinajstić information content (AvgIpc) is 3.07. The van der Waals surface area contributed by atoms with E-state index in [4.69, 9.17) is 0 Å². The van der Waals surface area contributed by atoms with Crippen molar-refractivity contribution < 1.29 is 9.59 Å². The number of benzene rings is 2. The van der Waals surface area contributed by atoms with Crippen LogP contribution in [0.15, 0.2) is 60.7 Å². The average molecular weight is 406 g/mol. The lowest BCUT2D eigenvalue weighted by Crippen LogP contribution is -2.65. The number of hydrogen-bond acceptors (Lipinski definition) is 3. The van der Waals surface area contributed by atoms with E-state index in [9.17, 15) is 9.59 Å². The van der Waals surface area contributed by atoms with E-state index in [0.717, 1.165) is 31.5 Å². The molecular formula is C25H31N3O2. The zero-order chi connectivity index (χ0) is 20.8. The summed E-state index contributed by atoms with van der Waals surface area (Å²) in [6.45, 7) is 1.84. The number of nitrogens with one attached hydrogen (secondary N) is 2. The summed E-state index contributed by atoms with van der Waals surface area (Å²) >= 11 is 0. The largest absolute Gasteiger partial charge is 0.338 e. The fourth-order valence-corrected chi connectivity index (χ4v) is 4.63. The van der Waals surface area contributed by atoms with Gasteiger partial charge in [-0.1, -0.05) is 61.4 Å². The fraction of sp³-hybridized carbons (Fsp3) is 0.440. The van der Waals surface area contributed by atoms with Gasteiger partial charge in [0.05, 0.1) is 6.04 Å². The fourth-order valence-electron chi connectivity index (χ4n) is 4.63. The maximum Gasteiger partial charge on any atom is 0.251 e. The lowest BCUT2D eigenvalue weighted by molar-refractivity contribution is -0.151. The number of nitrogens with zero attached hydrogens (tertiary/aromatic N) is 1. The molecule has 0 bridgehead atoms. The molecule has 2 N–H and O–H groups in total. The van der Waals surface area contributed by atoms with Crippen LogP contribution in [0.5, 0.6) is 0 Å². The van der Waals surface area contributed by atoms with Crippen LogP contribution >= 0.6 is 0 Å². The Balaban J connectivity index is 1.40. The molecule has 3 atom stereocenters. The first-order chi connectivity index (χ1) is 14.7. The maximum absolute atomic E-state index is 12.9. The Labute approximate surface area is 178 Å². The minimum absolute atomic E-state index is 0.0157. The van der Waals surface area contributed by atoms with Crippen molar-refractivity contribution in [3.8, 4) is 0 Å². The summed E-state index contributed by atoms with van der Waals surface area (Å²) in [5.74, 6) is -0.181. The Kier molecular flexibility index (Phi) is 6.80. The van der Waals surface area contributed by atoms with Crippen LogP contribution in [0.4, 0.5) is 0 Å². The monoisotopic (exact) mass is 405 g/mol.